The predicted octanol–water partition coefficient (Wildman–Crippen LogP) is 2.97. The molecular weight excluding hydrogens is 264 g/mol. The van der Waals surface area contributed by atoms with E-state index >= 15 is 0 Å². The topological polar surface area (TPSA) is 58.1 Å². The Morgan fingerprint density at radius 3 is 2.62 bits per heavy atom. The maximum atomic E-state index is 12.6. The Bertz CT molecular complexity index is 586. The van der Waals surface area contributed by atoms with Crippen molar-refractivity contribution in [2.75, 3.05) is 23.3 Å². The number of rotatable bonds is 6. The highest BCUT2D eigenvalue weighted by atomic mass is 16.2. The normalized spacial score (nSPS) is 10.2. The number of hydrogen-bond donors (Lipinski definition) is 1. The first-order valence-electron chi connectivity index (χ1n) is 7.20. The Morgan fingerprint density at radius 2 is 1.95 bits per heavy atom. The molecule has 110 valence electrons. The van der Waals surface area contributed by atoms with Crippen LogP contribution in [0.3, 0.4) is 0 Å². The third kappa shape index (κ3) is 3.78. The van der Waals surface area contributed by atoms with Gasteiger partial charge in [0.25, 0.3) is 5.91 Å². The lowest BCUT2D eigenvalue weighted by atomic mass is 10.2. The average Bonchev–Trinajstić information content (AvgIpc) is 2.55. The molecule has 1 heterocycles. The standard InChI is InChI=1S/C16H20N4O/c1-3-11-17-16-18-12-10-14(19-16)15(21)20(4-2)13-8-6-5-7-9-13/h5-10,12H,3-4,11H2,1-2H3,(H,17,18,19). The largest absolute Gasteiger partial charge is 0.354 e. The Balaban J connectivity index is 2.21. The third-order valence-electron chi connectivity index (χ3n) is 3.04. The van der Waals surface area contributed by atoms with Gasteiger partial charge in [0, 0.05) is 25.0 Å². The van der Waals surface area contributed by atoms with E-state index in [1.807, 2.05) is 37.3 Å². The number of nitrogens with zero attached hydrogens (tertiary/aromatic N) is 3. The first-order valence-corrected chi connectivity index (χ1v) is 7.20. The maximum Gasteiger partial charge on any atom is 0.277 e. The number of para-hydroxylation sites is 1. The number of carbonyl (C=O) groups is 1. The number of aromatic nitrogens is 2. The van der Waals surface area contributed by atoms with Crippen LogP contribution in [0.2, 0.25) is 0 Å². The molecule has 0 radical (unpaired) electrons. The Hall–Kier alpha value is -2.43. The zero-order valence-corrected chi connectivity index (χ0v) is 12.4. The van der Waals surface area contributed by atoms with Gasteiger partial charge in [-0.25, -0.2) is 9.97 Å². The molecule has 2 rings (SSSR count). The summed E-state index contributed by atoms with van der Waals surface area (Å²) in [7, 11) is 0. The summed E-state index contributed by atoms with van der Waals surface area (Å²) in [5, 5.41) is 3.09. The highest BCUT2D eigenvalue weighted by Crippen LogP contribution is 2.16. The van der Waals surface area contributed by atoms with Crippen molar-refractivity contribution < 1.29 is 4.79 Å². The molecule has 2 aromatic rings. The predicted molar refractivity (Wildman–Crippen MR) is 84.6 cm³/mol. The minimum atomic E-state index is -0.120. The molecule has 0 aliphatic carbocycles. The van der Waals surface area contributed by atoms with Gasteiger partial charge in [0.2, 0.25) is 5.95 Å². The molecule has 1 aromatic heterocycles. The Morgan fingerprint density at radius 1 is 1.19 bits per heavy atom. The van der Waals surface area contributed by atoms with E-state index in [9.17, 15) is 4.79 Å². The van der Waals surface area contributed by atoms with Crippen molar-refractivity contribution in [3.05, 3.63) is 48.3 Å². The Kier molecular flexibility index (Phi) is 5.26. The van der Waals surface area contributed by atoms with Gasteiger partial charge in [-0.3, -0.25) is 4.79 Å². The molecule has 0 aliphatic heterocycles. The van der Waals surface area contributed by atoms with Crippen LogP contribution in [-0.2, 0) is 0 Å². The molecule has 0 bridgehead atoms. The molecule has 21 heavy (non-hydrogen) atoms. The van der Waals surface area contributed by atoms with Crippen LogP contribution in [0.4, 0.5) is 11.6 Å². The van der Waals surface area contributed by atoms with Crippen LogP contribution < -0.4 is 10.2 Å². The van der Waals surface area contributed by atoms with Gasteiger partial charge in [0.05, 0.1) is 0 Å². The van der Waals surface area contributed by atoms with Gasteiger partial charge < -0.3 is 10.2 Å². The quantitative estimate of drug-likeness (QED) is 0.886. The first-order chi connectivity index (χ1) is 10.3. The first kappa shape index (κ1) is 15.0. The smallest absolute Gasteiger partial charge is 0.277 e. The van der Waals surface area contributed by atoms with E-state index in [2.05, 4.69) is 22.2 Å². The number of anilines is 2. The summed E-state index contributed by atoms with van der Waals surface area (Å²) >= 11 is 0. The second-order valence-electron chi connectivity index (χ2n) is 4.58. The van der Waals surface area contributed by atoms with Gasteiger partial charge >= 0.3 is 0 Å². The third-order valence-corrected chi connectivity index (χ3v) is 3.04. The lowest BCUT2D eigenvalue weighted by molar-refractivity contribution is 0.0983. The van der Waals surface area contributed by atoms with Crippen LogP contribution in [0.5, 0.6) is 0 Å². The maximum absolute atomic E-state index is 12.6. The molecule has 0 saturated heterocycles. The van der Waals surface area contributed by atoms with Gasteiger partial charge in [-0.1, -0.05) is 25.1 Å². The average molecular weight is 284 g/mol. The number of carbonyl (C=O) groups excluding carboxylic acids is 1. The monoisotopic (exact) mass is 284 g/mol. The van der Waals surface area contributed by atoms with Crippen LogP contribution in [0, 0.1) is 0 Å². The van der Waals surface area contributed by atoms with Gasteiger partial charge in [-0.15, -0.1) is 0 Å². The van der Waals surface area contributed by atoms with Gasteiger partial charge in [-0.2, -0.15) is 0 Å². The summed E-state index contributed by atoms with van der Waals surface area (Å²) < 4.78 is 0. The lowest BCUT2D eigenvalue weighted by Gasteiger charge is -2.20. The van der Waals surface area contributed by atoms with E-state index in [-0.39, 0.29) is 5.91 Å². The summed E-state index contributed by atoms with van der Waals surface area (Å²) in [5.74, 6) is 0.373. The zero-order valence-electron chi connectivity index (χ0n) is 12.4. The molecular formula is C16H20N4O. The van der Waals surface area contributed by atoms with Crippen LogP contribution in [0.15, 0.2) is 42.6 Å². The molecule has 1 aromatic carbocycles. The van der Waals surface area contributed by atoms with E-state index in [1.165, 1.54) is 0 Å². The summed E-state index contributed by atoms with van der Waals surface area (Å²) in [6.07, 6.45) is 2.59. The van der Waals surface area contributed by atoms with Crippen molar-refractivity contribution >= 4 is 17.5 Å². The van der Waals surface area contributed by atoms with Crippen LogP contribution in [0.25, 0.3) is 0 Å². The molecule has 0 spiro atoms. The van der Waals surface area contributed by atoms with Crippen molar-refractivity contribution in [2.45, 2.75) is 20.3 Å². The van der Waals surface area contributed by atoms with E-state index < -0.39 is 0 Å². The molecule has 0 aliphatic rings. The van der Waals surface area contributed by atoms with Crippen molar-refractivity contribution in [1.29, 1.82) is 0 Å². The second kappa shape index (κ2) is 7.38. The number of amides is 1. The van der Waals surface area contributed by atoms with E-state index in [0.29, 0.717) is 18.2 Å². The number of hydrogen-bond acceptors (Lipinski definition) is 4. The van der Waals surface area contributed by atoms with Crippen molar-refractivity contribution in [3.8, 4) is 0 Å². The lowest BCUT2D eigenvalue weighted by Crippen LogP contribution is -2.31. The summed E-state index contributed by atoms with van der Waals surface area (Å²) in [6, 6.07) is 11.2. The van der Waals surface area contributed by atoms with E-state index in [1.54, 1.807) is 17.2 Å². The highest BCUT2D eigenvalue weighted by Gasteiger charge is 2.17. The highest BCUT2D eigenvalue weighted by molar-refractivity contribution is 6.04. The molecule has 0 saturated carbocycles. The fraction of sp³-hybridized carbons (Fsp3) is 0.312. The molecule has 0 atom stereocenters. The molecule has 1 amide bonds. The number of benzene rings is 1. The SMILES string of the molecule is CCCNc1nccc(C(=O)N(CC)c2ccccc2)n1. The van der Waals surface area contributed by atoms with Crippen LogP contribution in [0.1, 0.15) is 30.8 Å². The minimum Gasteiger partial charge on any atom is -0.354 e. The van der Waals surface area contributed by atoms with E-state index in [0.717, 1.165) is 18.7 Å². The number of nitrogens with one attached hydrogen (secondary N) is 1. The molecule has 0 unspecified atom stereocenters. The van der Waals surface area contributed by atoms with E-state index in [4.69, 9.17) is 0 Å². The Labute approximate surface area is 125 Å². The van der Waals surface area contributed by atoms with Crippen LogP contribution >= 0.6 is 0 Å². The summed E-state index contributed by atoms with van der Waals surface area (Å²) in [6.45, 7) is 5.39. The molecule has 1 N–H and O–H groups in total. The zero-order chi connectivity index (χ0) is 15.1. The van der Waals surface area contributed by atoms with Gasteiger partial charge in [-0.05, 0) is 31.5 Å². The summed E-state index contributed by atoms with van der Waals surface area (Å²) in [4.78, 5) is 22.7. The molecule has 0 fully saturated rings. The van der Waals surface area contributed by atoms with Crippen molar-refractivity contribution in [2.24, 2.45) is 0 Å². The van der Waals surface area contributed by atoms with Gasteiger partial charge in [0.1, 0.15) is 5.69 Å². The summed E-state index contributed by atoms with van der Waals surface area (Å²) in [5.41, 5.74) is 1.26. The van der Waals surface area contributed by atoms with Crippen LogP contribution in [-0.4, -0.2) is 29.0 Å². The molecule has 5 heteroatoms. The minimum absolute atomic E-state index is 0.120. The second-order valence-corrected chi connectivity index (χ2v) is 4.58. The van der Waals surface area contributed by atoms with Crippen molar-refractivity contribution in [3.63, 3.8) is 0 Å². The van der Waals surface area contributed by atoms with Crippen molar-refractivity contribution in [1.82, 2.24) is 9.97 Å². The fourth-order valence-corrected chi connectivity index (χ4v) is 1.99. The fourth-order valence-electron chi connectivity index (χ4n) is 1.99. The molecule has 5 nitrogen and oxygen atoms in total. The van der Waals surface area contributed by atoms with Gasteiger partial charge in [0.15, 0.2) is 0 Å².